The second kappa shape index (κ2) is 11.3. The van der Waals surface area contributed by atoms with Crippen molar-refractivity contribution in [3.8, 4) is 0 Å². The maximum absolute atomic E-state index is 12.9. The van der Waals surface area contributed by atoms with Crippen LogP contribution in [0.2, 0.25) is 10.0 Å². The van der Waals surface area contributed by atoms with E-state index in [1.54, 1.807) is 24.4 Å². The lowest BCUT2D eigenvalue weighted by Crippen LogP contribution is -2.51. The minimum atomic E-state index is -1.30. The first-order valence-corrected chi connectivity index (χ1v) is 11.3. The summed E-state index contributed by atoms with van der Waals surface area (Å²) in [4.78, 5) is 30.2. The highest BCUT2D eigenvalue weighted by Crippen LogP contribution is 2.23. The van der Waals surface area contributed by atoms with Crippen molar-refractivity contribution in [1.82, 2.24) is 15.6 Å². The maximum atomic E-state index is 12.9. The van der Waals surface area contributed by atoms with Crippen molar-refractivity contribution in [2.45, 2.75) is 31.5 Å². The molecule has 0 aliphatic heterocycles. The van der Waals surface area contributed by atoms with Crippen LogP contribution in [0.1, 0.15) is 16.0 Å². The average molecular weight is 493 g/mol. The molecule has 2 aromatic carbocycles. The molecule has 1 aromatic heterocycles. The Morgan fingerprint density at radius 1 is 1.03 bits per heavy atom. The van der Waals surface area contributed by atoms with Crippen LogP contribution in [0.5, 0.6) is 0 Å². The van der Waals surface area contributed by atoms with Crippen LogP contribution in [0, 0.1) is 0 Å². The molecule has 5 N–H and O–H groups in total. The van der Waals surface area contributed by atoms with Crippen molar-refractivity contribution in [3.05, 3.63) is 80.8 Å². The zero-order valence-corrected chi connectivity index (χ0v) is 19.3. The van der Waals surface area contributed by atoms with Crippen LogP contribution in [-0.2, 0) is 29.0 Å². The number of aromatic nitrogens is 1. The molecule has 1 heterocycles. The predicted molar refractivity (Wildman–Crippen MR) is 127 cm³/mol. The number of hydrogen-bond acceptors (Lipinski definition) is 6. The third-order valence-electron chi connectivity index (χ3n) is 4.64. The molecule has 2 atom stereocenters. The Bertz CT molecular complexity index is 1080. The van der Waals surface area contributed by atoms with Gasteiger partial charge in [-0.2, -0.15) is 0 Å². The Kier molecular flexibility index (Phi) is 8.46. The zero-order chi connectivity index (χ0) is 23.1. The Balaban J connectivity index is 1.70. The van der Waals surface area contributed by atoms with Crippen LogP contribution in [0.25, 0.3) is 0 Å². The molecular formula is C22H22Cl2N4O3S. The zero-order valence-electron chi connectivity index (χ0n) is 16.9. The number of nitrogens with two attached hydrogens (primary N) is 1. The Labute approximate surface area is 199 Å². The first-order valence-electron chi connectivity index (χ1n) is 9.76. The van der Waals surface area contributed by atoms with E-state index >= 15 is 0 Å². The number of halogens is 2. The molecule has 0 fully saturated rings. The molecule has 3 rings (SSSR count). The van der Waals surface area contributed by atoms with Crippen LogP contribution in [0.3, 0.4) is 0 Å². The fraction of sp³-hybridized carbons (Fsp3) is 0.227. The minimum absolute atomic E-state index is 0.133. The number of thiazole rings is 1. The summed E-state index contributed by atoms with van der Waals surface area (Å²) in [5.41, 5.74) is 7.14. The number of amides is 2. The number of hydrogen-bond donors (Lipinski definition) is 4. The van der Waals surface area contributed by atoms with Gasteiger partial charge in [0, 0.05) is 23.9 Å². The van der Waals surface area contributed by atoms with Gasteiger partial charge in [-0.1, -0.05) is 59.6 Å². The van der Waals surface area contributed by atoms with Crippen molar-refractivity contribution in [2.24, 2.45) is 0 Å². The maximum Gasteiger partial charge on any atom is 0.249 e. The second-order valence-electron chi connectivity index (χ2n) is 7.10. The van der Waals surface area contributed by atoms with Gasteiger partial charge in [0.1, 0.15) is 12.1 Å². The molecule has 0 radical (unpaired) electrons. The number of aliphatic hydroxyl groups excluding tert-OH is 1. The summed E-state index contributed by atoms with van der Waals surface area (Å²) in [7, 11) is 0. The highest BCUT2D eigenvalue weighted by molar-refractivity contribution is 7.15. The van der Waals surface area contributed by atoms with E-state index in [1.165, 1.54) is 11.3 Å². The number of nitrogens with one attached hydrogen (secondary N) is 2. The smallest absolute Gasteiger partial charge is 0.249 e. The molecule has 2 amide bonds. The van der Waals surface area contributed by atoms with E-state index in [4.69, 9.17) is 28.9 Å². The van der Waals surface area contributed by atoms with Crippen LogP contribution in [0.15, 0.2) is 54.7 Å². The second-order valence-corrected chi connectivity index (χ2v) is 9.06. The molecule has 3 aromatic rings. The van der Waals surface area contributed by atoms with E-state index in [0.717, 1.165) is 10.4 Å². The number of anilines is 1. The fourth-order valence-electron chi connectivity index (χ4n) is 3.01. The SMILES string of the molecule is Nc1ncc(CNC(=O)C(Cc2ccc(Cl)c(Cl)c2)NC(=O)C(O)Cc2ccccc2)s1. The van der Waals surface area contributed by atoms with Gasteiger partial charge in [-0.25, -0.2) is 4.98 Å². The number of carbonyl (C=O) groups is 2. The highest BCUT2D eigenvalue weighted by Gasteiger charge is 2.25. The quantitative estimate of drug-likeness (QED) is 0.366. The third kappa shape index (κ3) is 6.93. The monoisotopic (exact) mass is 492 g/mol. The molecule has 32 heavy (non-hydrogen) atoms. The summed E-state index contributed by atoms with van der Waals surface area (Å²) < 4.78 is 0. The molecule has 0 saturated carbocycles. The number of carbonyl (C=O) groups excluding carboxylic acids is 2. The summed E-state index contributed by atoms with van der Waals surface area (Å²) in [5.74, 6) is -1.06. The summed E-state index contributed by atoms with van der Waals surface area (Å²) in [6, 6.07) is 13.2. The lowest BCUT2D eigenvalue weighted by Gasteiger charge is -2.21. The third-order valence-corrected chi connectivity index (χ3v) is 6.21. The molecule has 168 valence electrons. The van der Waals surface area contributed by atoms with Crippen LogP contribution >= 0.6 is 34.5 Å². The molecule has 0 spiro atoms. The largest absolute Gasteiger partial charge is 0.383 e. The first-order chi connectivity index (χ1) is 15.3. The fourth-order valence-corrected chi connectivity index (χ4v) is 3.96. The number of benzene rings is 2. The molecular weight excluding hydrogens is 471 g/mol. The van der Waals surface area contributed by atoms with Crippen molar-refractivity contribution in [3.63, 3.8) is 0 Å². The number of nitrogens with zero attached hydrogens (tertiary/aromatic N) is 1. The van der Waals surface area contributed by atoms with Gasteiger partial charge >= 0.3 is 0 Å². The minimum Gasteiger partial charge on any atom is -0.383 e. The molecule has 2 unspecified atom stereocenters. The number of aliphatic hydroxyl groups is 1. The molecule has 7 nitrogen and oxygen atoms in total. The Morgan fingerprint density at radius 2 is 1.78 bits per heavy atom. The van der Waals surface area contributed by atoms with Gasteiger partial charge in [-0.3, -0.25) is 9.59 Å². The van der Waals surface area contributed by atoms with E-state index in [0.29, 0.717) is 20.7 Å². The molecule has 10 heteroatoms. The van der Waals surface area contributed by atoms with Crippen molar-refractivity contribution < 1.29 is 14.7 Å². The van der Waals surface area contributed by atoms with Crippen LogP contribution < -0.4 is 16.4 Å². The van der Waals surface area contributed by atoms with Crippen molar-refractivity contribution in [1.29, 1.82) is 0 Å². The summed E-state index contributed by atoms with van der Waals surface area (Å²) >= 11 is 13.3. The van der Waals surface area contributed by atoms with Crippen LogP contribution in [0.4, 0.5) is 5.13 Å². The summed E-state index contributed by atoms with van der Waals surface area (Å²) in [6.45, 7) is 0.216. The Hall–Kier alpha value is -2.65. The van der Waals surface area contributed by atoms with E-state index in [-0.39, 0.29) is 19.4 Å². The van der Waals surface area contributed by atoms with Gasteiger partial charge < -0.3 is 21.5 Å². The molecule has 0 saturated heterocycles. The Morgan fingerprint density at radius 3 is 2.44 bits per heavy atom. The van der Waals surface area contributed by atoms with Gasteiger partial charge in [0.05, 0.1) is 16.6 Å². The number of rotatable bonds is 9. The number of nitrogen functional groups attached to an aromatic ring is 1. The summed E-state index contributed by atoms with van der Waals surface area (Å²) in [5, 5.41) is 16.9. The lowest BCUT2D eigenvalue weighted by molar-refractivity contribution is -0.134. The van der Waals surface area contributed by atoms with Gasteiger partial charge in [-0.15, -0.1) is 11.3 Å². The van der Waals surface area contributed by atoms with E-state index in [9.17, 15) is 14.7 Å². The van der Waals surface area contributed by atoms with E-state index in [2.05, 4.69) is 15.6 Å². The van der Waals surface area contributed by atoms with Gasteiger partial charge in [0.25, 0.3) is 0 Å². The first kappa shape index (κ1) is 24.0. The van der Waals surface area contributed by atoms with Crippen molar-refractivity contribution in [2.75, 3.05) is 5.73 Å². The van der Waals surface area contributed by atoms with Gasteiger partial charge in [-0.05, 0) is 23.3 Å². The van der Waals surface area contributed by atoms with Gasteiger partial charge in [0.2, 0.25) is 11.8 Å². The predicted octanol–water partition coefficient (Wildman–Crippen LogP) is 2.98. The summed E-state index contributed by atoms with van der Waals surface area (Å²) in [6.07, 6.45) is 0.574. The van der Waals surface area contributed by atoms with E-state index in [1.807, 2.05) is 30.3 Å². The average Bonchev–Trinajstić information content (AvgIpc) is 3.19. The van der Waals surface area contributed by atoms with E-state index < -0.39 is 24.0 Å². The van der Waals surface area contributed by atoms with Gasteiger partial charge in [0.15, 0.2) is 5.13 Å². The molecule has 0 aliphatic rings. The lowest BCUT2D eigenvalue weighted by atomic mass is 10.0. The van der Waals surface area contributed by atoms with Crippen LogP contribution in [-0.4, -0.2) is 34.1 Å². The molecule has 0 bridgehead atoms. The molecule has 0 aliphatic carbocycles. The highest BCUT2D eigenvalue weighted by atomic mass is 35.5. The topological polar surface area (TPSA) is 117 Å². The standard InChI is InChI=1S/C22H22Cl2N4O3S/c23-16-7-6-14(8-17(16)24)9-18(20(30)26-11-15-12-27-22(25)32-15)28-21(31)19(29)10-13-4-2-1-3-5-13/h1-8,12,18-19,29H,9-11H2,(H2,25,27)(H,26,30)(H,28,31). The van der Waals surface area contributed by atoms with Crippen molar-refractivity contribution >= 4 is 51.5 Å². The normalized spacial score (nSPS) is 12.7.